The van der Waals surface area contributed by atoms with E-state index in [0.29, 0.717) is 0 Å². The molecule has 20 heavy (non-hydrogen) atoms. The number of aromatic amines is 1. The van der Waals surface area contributed by atoms with Gasteiger partial charge in [0.2, 0.25) is 0 Å². The first kappa shape index (κ1) is 12.8. The van der Waals surface area contributed by atoms with Crippen LogP contribution < -0.4 is 9.47 Å². The van der Waals surface area contributed by atoms with Crippen LogP contribution in [0.1, 0.15) is 18.2 Å². The first-order valence-corrected chi connectivity index (χ1v) is 6.71. The Morgan fingerprint density at radius 1 is 1.15 bits per heavy atom. The second kappa shape index (κ2) is 4.71. The summed E-state index contributed by atoms with van der Waals surface area (Å²) in [6.45, 7) is 4.16. The highest BCUT2D eigenvalue weighted by atomic mass is 16.5. The molecule has 2 aromatic heterocycles. The van der Waals surface area contributed by atoms with E-state index >= 15 is 0 Å². The minimum absolute atomic E-state index is 0.732. The minimum Gasteiger partial charge on any atom is -0.493 e. The quantitative estimate of drug-likeness (QED) is 0.791. The monoisotopic (exact) mass is 270 g/mol. The van der Waals surface area contributed by atoms with Crippen LogP contribution in [0, 0.1) is 6.92 Å². The lowest BCUT2D eigenvalue weighted by Gasteiger charge is -2.07. The maximum atomic E-state index is 5.41. The SMILES string of the molecule is CCc1cnc(C)c2[nH]c3cc(OC)c(OC)cc3c12. The molecule has 0 aliphatic heterocycles. The van der Waals surface area contributed by atoms with E-state index in [0.717, 1.165) is 40.0 Å². The molecule has 0 unspecified atom stereocenters. The van der Waals surface area contributed by atoms with E-state index in [1.165, 1.54) is 10.9 Å². The molecule has 1 aromatic carbocycles. The highest BCUT2D eigenvalue weighted by Gasteiger charge is 2.14. The number of hydrogen-bond acceptors (Lipinski definition) is 3. The van der Waals surface area contributed by atoms with Crippen molar-refractivity contribution in [2.24, 2.45) is 0 Å². The van der Waals surface area contributed by atoms with Gasteiger partial charge in [-0.25, -0.2) is 0 Å². The highest BCUT2D eigenvalue weighted by molar-refractivity contribution is 6.10. The van der Waals surface area contributed by atoms with Crippen LogP contribution in [0.25, 0.3) is 21.8 Å². The highest BCUT2D eigenvalue weighted by Crippen LogP contribution is 2.37. The predicted octanol–water partition coefficient (Wildman–Crippen LogP) is 3.60. The van der Waals surface area contributed by atoms with Gasteiger partial charge in [-0.3, -0.25) is 4.98 Å². The zero-order valence-electron chi connectivity index (χ0n) is 12.2. The Balaban J connectivity index is 2.47. The summed E-state index contributed by atoms with van der Waals surface area (Å²) in [6, 6.07) is 4.01. The third-order valence-electron chi connectivity index (χ3n) is 3.78. The van der Waals surface area contributed by atoms with Crippen molar-refractivity contribution in [2.75, 3.05) is 14.2 Å². The van der Waals surface area contributed by atoms with Crippen LogP contribution in [0.2, 0.25) is 0 Å². The molecule has 0 bridgehead atoms. The molecule has 0 fully saturated rings. The fourth-order valence-electron chi connectivity index (χ4n) is 2.70. The topological polar surface area (TPSA) is 47.1 Å². The number of nitrogens with zero attached hydrogens (tertiary/aromatic N) is 1. The van der Waals surface area contributed by atoms with Gasteiger partial charge in [0.1, 0.15) is 0 Å². The Morgan fingerprint density at radius 2 is 1.85 bits per heavy atom. The van der Waals surface area contributed by atoms with Gasteiger partial charge in [0, 0.05) is 23.0 Å². The van der Waals surface area contributed by atoms with Gasteiger partial charge in [-0.1, -0.05) is 6.92 Å². The number of nitrogens with one attached hydrogen (secondary N) is 1. The first-order valence-electron chi connectivity index (χ1n) is 6.71. The summed E-state index contributed by atoms with van der Waals surface area (Å²) in [4.78, 5) is 7.91. The van der Waals surface area contributed by atoms with E-state index in [1.54, 1.807) is 14.2 Å². The van der Waals surface area contributed by atoms with E-state index in [1.807, 2.05) is 25.3 Å². The summed E-state index contributed by atoms with van der Waals surface area (Å²) in [6.07, 6.45) is 2.91. The van der Waals surface area contributed by atoms with Crippen molar-refractivity contribution >= 4 is 21.8 Å². The normalized spacial score (nSPS) is 11.2. The molecule has 4 nitrogen and oxygen atoms in total. The lowest BCUT2D eigenvalue weighted by atomic mass is 10.1. The van der Waals surface area contributed by atoms with Crippen LogP contribution in [0.5, 0.6) is 11.5 Å². The van der Waals surface area contributed by atoms with Crippen molar-refractivity contribution in [1.82, 2.24) is 9.97 Å². The molecular formula is C16H18N2O2. The number of methoxy groups -OCH3 is 2. The molecule has 0 saturated heterocycles. The molecular weight excluding hydrogens is 252 g/mol. The molecule has 0 radical (unpaired) electrons. The summed E-state index contributed by atoms with van der Waals surface area (Å²) in [7, 11) is 3.31. The van der Waals surface area contributed by atoms with E-state index in [2.05, 4.69) is 16.9 Å². The second-order valence-corrected chi connectivity index (χ2v) is 4.85. The van der Waals surface area contributed by atoms with Crippen molar-refractivity contribution in [1.29, 1.82) is 0 Å². The number of hydrogen-bond donors (Lipinski definition) is 1. The largest absolute Gasteiger partial charge is 0.493 e. The van der Waals surface area contributed by atoms with Crippen molar-refractivity contribution in [3.05, 3.63) is 29.6 Å². The van der Waals surface area contributed by atoms with E-state index in [9.17, 15) is 0 Å². The number of aryl methyl sites for hydroxylation is 2. The maximum absolute atomic E-state index is 5.41. The molecule has 0 atom stereocenters. The smallest absolute Gasteiger partial charge is 0.162 e. The first-order chi connectivity index (χ1) is 9.69. The number of benzene rings is 1. The summed E-state index contributed by atoms with van der Waals surface area (Å²) >= 11 is 0. The molecule has 4 heteroatoms. The number of rotatable bonds is 3. The van der Waals surface area contributed by atoms with Crippen molar-refractivity contribution in [3.63, 3.8) is 0 Å². The molecule has 104 valence electrons. The zero-order chi connectivity index (χ0) is 14.3. The van der Waals surface area contributed by atoms with Crippen molar-refractivity contribution in [2.45, 2.75) is 20.3 Å². The maximum Gasteiger partial charge on any atom is 0.162 e. The zero-order valence-corrected chi connectivity index (χ0v) is 12.2. The summed E-state index contributed by atoms with van der Waals surface area (Å²) in [5, 5.41) is 2.39. The molecule has 0 saturated carbocycles. The van der Waals surface area contributed by atoms with Crippen LogP contribution >= 0.6 is 0 Å². The Labute approximate surface area is 117 Å². The van der Waals surface area contributed by atoms with Crippen LogP contribution in [0.4, 0.5) is 0 Å². The number of ether oxygens (including phenoxy) is 2. The second-order valence-electron chi connectivity index (χ2n) is 4.85. The van der Waals surface area contributed by atoms with Crippen LogP contribution in [0.15, 0.2) is 18.3 Å². The average Bonchev–Trinajstić information content (AvgIpc) is 2.85. The molecule has 1 N–H and O–H groups in total. The Hall–Kier alpha value is -2.23. The Kier molecular flexibility index (Phi) is 3.01. The minimum atomic E-state index is 0.732. The Bertz CT molecular complexity index is 790. The fourth-order valence-corrected chi connectivity index (χ4v) is 2.70. The van der Waals surface area contributed by atoms with Gasteiger partial charge in [-0.2, -0.15) is 0 Å². The molecule has 0 aliphatic carbocycles. The van der Waals surface area contributed by atoms with Gasteiger partial charge in [0.25, 0.3) is 0 Å². The standard InChI is InChI=1S/C16H18N2O2/c1-5-10-8-17-9(2)16-15(10)11-6-13(19-3)14(20-4)7-12(11)18-16/h6-8,18H,5H2,1-4H3. The molecule has 2 heterocycles. The third kappa shape index (κ3) is 1.72. The Morgan fingerprint density at radius 3 is 2.50 bits per heavy atom. The van der Waals surface area contributed by atoms with Crippen LogP contribution in [-0.2, 0) is 6.42 Å². The lowest BCUT2D eigenvalue weighted by Crippen LogP contribution is -1.90. The predicted molar refractivity (Wildman–Crippen MR) is 80.8 cm³/mol. The van der Waals surface area contributed by atoms with Crippen molar-refractivity contribution < 1.29 is 9.47 Å². The van der Waals surface area contributed by atoms with E-state index in [-0.39, 0.29) is 0 Å². The van der Waals surface area contributed by atoms with E-state index < -0.39 is 0 Å². The molecule has 3 rings (SSSR count). The summed E-state index contributed by atoms with van der Waals surface area (Å²) < 4.78 is 10.8. The number of pyridine rings is 1. The van der Waals surface area contributed by atoms with Gasteiger partial charge in [-0.05, 0) is 25.0 Å². The third-order valence-corrected chi connectivity index (χ3v) is 3.78. The van der Waals surface area contributed by atoms with Gasteiger partial charge < -0.3 is 14.5 Å². The number of fused-ring (bicyclic) bond motifs is 3. The molecule has 0 amide bonds. The van der Waals surface area contributed by atoms with E-state index in [4.69, 9.17) is 9.47 Å². The van der Waals surface area contributed by atoms with Gasteiger partial charge in [-0.15, -0.1) is 0 Å². The van der Waals surface area contributed by atoms with Crippen LogP contribution in [-0.4, -0.2) is 24.2 Å². The van der Waals surface area contributed by atoms with Gasteiger partial charge in [0.05, 0.1) is 30.9 Å². The summed E-state index contributed by atoms with van der Waals surface area (Å²) in [5.41, 5.74) is 4.38. The fraction of sp³-hybridized carbons (Fsp3) is 0.312. The lowest BCUT2D eigenvalue weighted by molar-refractivity contribution is 0.356. The van der Waals surface area contributed by atoms with Crippen molar-refractivity contribution in [3.8, 4) is 11.5 Å². The molecule has 0 aliphatic rings. The van der Waals surface area contributed by atoms with Crippen LogP contribution in [0.3, 0.4) is 0 Å². The molecule has 0 spiro atoms. The number of aromatic nitrogens is 2. The summed E-state index contributed by atoms with van der Waals surface area (Å²) in [5.74, 6) is 1.48. The van der Waals surface area contributed by atoms with Gasteiger partial charge >= 0.3 is 0 Å². The average molecular weight is 270 g/mol. The number of H-pyrrole nitrogens is 1. The van der Waals surface area contributed by atoms with Gasteiger partial charge in [0.15, 0.2) is 11.5 Å². The molecule has 3 aromatic rings.